The summed E-state index contributed by atoms with van der Waals surface area (Å²) in [7, 11) is -0.767. The van der Waals surface area contributed by atoms with Crippen molar-refractivity contribution in [1.29, 1.82) is 0 Å². The second-order valence-electron chi connectivity index (χ2n) is 5.49. The molecule has 2 N–H and O–H groups in total. The van der Waals surface area contributed by atoms with E-state index in [1.807, 2.05) is 0 Å². The van der Waals surface area contributed by atoms with Crippen LogP contribution in [0.1, 0.15) is 10.4 Å². The van der Waals surface area contributed by atoms with Crippen molar-refractivity contribution >= 4 is 38.1 Å². The summed E-state index contributed by atoms with van der Waals surface area (Å²) >= 11 is 1.18. The van der Waals surface area contributed by atoms with E-state index in [2.05, 4.69) is 15.0 Å². The molecule has 1 heterocycles. The number of benzene rings is 2. The first-order valence-corrected chi connectivity index (χ1v) is 10.3. The Kier molecular flexibility index (Phi) is 5.81. The Hall–Kier alpha value is -3.11. The number of aromatic nitrogens is 1. The van der Waals surface area contributed by atoms with E-state index in [0.717, 1.165) is 0 Å². The quantitative estimate of drug-likeness (QED) is 0.609. The number of carbonyl (C=O) groups is 1. The second kappa shape index (κ2) is 8.28. The van der Waals surface area contributed by atoms with Gasteiger partial charge in [0.1, 0.15) is 11.5 Å². The zero-order valence-electron chi connectivity index (χ0n) is 15.0. The first-order valence-electron chi connectivity index (χ1n) is 7.98. The summed E-state index contributed by atoms with van der Waals surface area (Å²) < 4.78 is 37.4. The summed E-state index contributed by atoms with van der Waals surface area (Å²) in [4.78, 5) is 16.5. The highest BCUT2D eigenvalue weighted by Crippen LogP contribution is 2.26. The fourth-order valence-corrected chi connectivity index (χ4v) is 4.14. The summed E-state index contributed by atoms with van der Waals surface area (Å²) in [6, 6.07) is 10.7. The van der Waals surface area contributed by atoms with Crippen LogP contribution in [-0.4, -0.2) is 33.5 Å². The van der Waals surface area contributed by atoms with E-state index in [0.29, 0.717) is 22.7 Å². The minimum Gasteiger partial charge on any atom is -0.497 e. The van der Waals surface area contributed by atoms with Gasteiger partial charge in [0.05, 0.1) is 24.7 Å². The number of rotatable bonds is 7. The van der Waals surface area contributed by atoms with E-state index in [1.54, 1.807) is 23.6 Å². The molecule has 0 unspecified atom stereocenters. The van der Waals surface area contributed by atoms with Gasteiger partial charge < -0.3 is 14.8 Å². The number of nitrogens with zero attached hydrogens (tertiary/aromatic N) is 1. The number of thiazole rings is 1. The standard InChI is InChI=1S/C18H17N3O5S2/c1-25-13-5-8-15(16(11-13)26-2)17(22)20-12-3-6-14(7-4-12)28(23,24)21-18-19-9-10-27-18/h3-11H,1-2H3,(H,19,21)(H,20,22). The maximum atomic E-state index is 12.5. The van der Waals surface area contributed by atoms with E-state index < -0.39 is 15.9 Å². The Morgan fingerprint density at radius 1 is 1.07 bits per heavy atom. The van der Waals surface area contributed by atoms with Crippen LogP contribution in [0.4, 0.5) is 10.8 Å². The Labute approximate surface area is 166 Å². The molecule has 0 saturated carbocycles. The smallest absolute Gasteiger partial charge is 0.263 e. The largest absolute Gasteiger partial charge is 0.497 e. The molecular weight excluding hydrogens is 402 g/mol. The van der Waals surface area contributed by atoms with Crippen molar-refractivity contribution < 1.29 is 22.7 Å². The molecular formula is C18H17N3O5S2. The zero-order chi connectivity index (χ0) is 20.1. The number of ether oxygens (including phenoxy) is 2. The third-order valence-corrected chi connectivity index (χ3v) is 5.90. The maximum Gasteiger partial charge on any atom is 0.263 e. The Balaban J connectivity index is 1.75. The van der Waals surface area contributed by atoms with Gasteiger partial charge in [-0.2, -0.15) is 0 Å². The topological polar surface area (TPSA) is 107 Å². The molecule has 1 amide bonds. The van der Waals surface area contributed by atoms with Crippen molar-refractivity contribution in [2.45, 2.75) is 4.90 Å². The first kappa shape index (κ1) is 19.6. The molecule has 146 valence electrons. The van der Waals surface area contributed by atoms with Gasteiger partial charge in [-0.1, -0.05) is 0 Å². The lowest BCUT2D eigenvalue weighted by atomic mass is 10.1. The number of hydrogen-bond acceptors (Lipinski definition) is 7. The van der Waals surface area contributed by atoms with E-state index in [1.165, 1.54) is 56.0 Å². The average molecular weight is 419 g/mol. The van der Waals surface area contributed by atoms with E-state index >= 15 is 0 Å². The lowest BCUT2D eigenvalue weighted by Crippen LogP contribution is -2.14. The van der Waals surface area contributed by atoms with Gasteiger partial charge in [-0.05, 0) is 36.4 Å². The molecule has 0 radical (unpaired) electrons. The molecule has 0 aliphatic rings. The molecule has 0 fully saturated rings. The van der Waals surface area contributed by atoms with Crippen LogP contribution in [0.25, 0.3) is 0 Å². The van der Waals surface area contributed by atoms with Crippen molar-refractivity contribution in [3.05, 3.63) is 59.6 Å². The number of anilines is 2. The van der Waals surface area contributed by atoms with Crippen molar-refractivity contribution in [3.8, 4) is 11.5 Å². The van der Waals surface area contributed by atoms with Crippen LogP contribution in [0.2, 0.25) is 0 Å². The number of nitrogens with one attached hydrogen (secondary N) is 2. The van der Waals surface area contributed by atoms with Gasteiger partial charge in [0, 0.05) is 23.3 Å². The Morgan fingerprint density at radius 2 is 1.82 bits per heavy atom. The molecule has 3 rings (SSSR count). The summed E-state index contributed by atoms with van der Waals surface area (Å²) in [5, 5.41) is 4.66. The van der Waals surface area contributed by atoms with Crippen LogP contribution in [0.5, 0.6) is 11.5 Å². The molecule has 0 aliphatic carbocycles. The molecule has 0 spiro atoms. The van der Waals surface area contributed by atoms with Crippen molar-refractivity contribution in [3.63, 3.8) is 0 Å². The van der Waals surface area contributed by atoms with E-state index in [-0.39, 0.29) is 10.0 Å². The molecule has 2 aromatic carbocycles. The molecule has 0 aliphatic heterocycles. The lowest BCUT2D eigenvalue weighted by molar-refractivity contribution is 0.102. The van der Waals surface area contributed by atoms with Gasteiger partial charge in [0.15, 0.2) is 5.13 Å². The molecule has 1 aromatic heterocycles. The third kappa shape index (κ3) is 4.41. The monoisotopic (exact) mass is 419 g/mol. The van der Waals surface area contributed by atoms with Crippen LogP contribution in [0.15, 0.2) is 58.9 Å². The number of carbonyl (C=O) groups excluding carboxylic acids is 1. The van der Waals surface area contributed by atoms with Gasteiger partial charge in [0.25, 0.3) is 15.9 Å². The van der Waals surface area contributed by atoms with Crippen LogP contribution in [0, 0.1) is 0 Å². The summed E-state index contributed by atoms with van der Waals surface area (Å²) in [5.41, 5.74) is 0.765. The van der Waals surface area contributed by atoms with Gasteiger partial charge in [-0.15, -0.1) is 11.3 Å². The number of amides is 1. The number of hydrogen-bond donors (Lipinski definition) is 2. The SMILES string of the molecule is COc1ccc(C(=O)Nc2ccc(S(=O)(=O)Nc3nccs3)cc2)c(OC)c1. The lowest BCUT2D eigenvalue weighted by Gasteiger charge is -2.11. The minimum absolute atomic E-state index is 0.0581. The average Bonchev–Trinajstić information content (AvgIpc) is 3.20. The fourth-order valence-electron chi connectivity index (χ4n) is 2.35. The van der Waals surface area contributed by atoms with Crippen molar-refractivity contribution in [1.82, 2.24) is 4.98 Å². The Bertz CT molecular complexity index is 1070. The van der Waals surface area contributed by atoms with Gasteiger partial charge in [0.2, 0.25) is 0 Å². The highest BCUT2D eigenvalue weighted by atomic mass is 32.2. The molecule has 0 saturated heterocycles. The zero-order valence-corrected chi connectivity index (χ0v) is 16.6. The molecule has 10 heteroatoms. The minimum atomic E-state index is -3.75. The molecule has 8 nitrogen and oxygen atoms in total. The normalized spacial score (nSPS) is 10.9. The number of sulfonamides is 1. The third-order valence-electron chi connectivity index (χ3n) is 3.73. The van der Waals surface area contributed by atoms with Gasteiger partial charge >= 0.3 is 0 Å². The Morgan fingerprint density at radius 3 is 2.43 bits per heavy atom. The predicted molar refractivity (Wildman–Crippen MR) is 107 cm³/mol. The van der Waals surface area contributed by atoms with Crippen molar-refractivity contribution in [2.24, 2.45) is 0 Å². The summed E-state index contributed by atoms with van der Waals surface area (Å²) in [6.07, 6.45) is 1.51. The van der Waals surface area contributed by atoms with E-state index in [4.69, 9.17) is 9.47 Å². The molecule has 0 atom stereocenters. The molecule has 0 bridgehead atoms. The first-order chi connectivity index (χ1) is 13.4. The molecule has 3 aromatic rings. The predicted octanol–water partition coefficient (Wildman–Crippen LogP) is 3.21. The highest BCUT2D eigenvalue weighted by molar-refractivity contribution is 7.93. The second-order valence-corrected chi connectivity index (χ2v) is 8.06. The van der Waals surface area contributed by atoms with Crippen LogP contribution in [-0.2, 0) is 10.0 Å². The maximum absolute atomic E-state index is 12.5. The number of methoxy groups -OCH3 is 2. The van der Waals surface area contributed by atoms with Gasteiger partial charge in [-0.3, -0.25) is 9.52 Å². The van der Waals surface area contributed by atoms with Crippen LogP contribution in [0.3, 0.4) is 0 Å². The fraction of sp³-hybridized carbons (Fsp3) is 0.111. The highest BCUT2D eigenvalue weighted by Gasteiger charge is 2.17. The van der Waals surface area contributed by atoms with Crippen molar-refractivity contribution in [2.75, 3.05) is 24.3 Å². The van der Waals surface area contributed by atoms with Gasteiger partial charge in [-0.25, -0.2) is 13.4 Å². The van der Waals surface area contributed by atoms with Crippen LogP contribution < -0.4 is 19.5 Å². The van der Waals surface area contributed by atoms with Crippen LogP contribution >= 0.6 is 11.3 Å². The van der Waals surface area contributed by atoms with E-state index in [9.17, 15) is 13.2 Å². The molecule has 28 heavy (non-hydrogen) atoms. The summed E-state index contributed by atoms with van der Waals surface area (Å²) in [6.45, 7) is 0. The summed E-state index contributed by atoms with van der Waals surface area (Å²) in [5.74, 6) is 0.537.